The van der Waals surface area contributed by atoms with Gasteiger partial charge in [-0.15, -0.1) is 0 Å². The SMILES string of the molecule is Cc1ccc(S(=O)(=O)Nc2ccccc2F)cc1C(=O)N1CCC(N)CC1. The van der Waals surface area contributed by atoms with Gasteiger partial charge < -0.3 is 10.6 Å². The van der Waals surface area contributed by atoms with Crippen LogP contribution in [0.5, 0.6) is 0 Å². The van der Waals surface area contributed by atoms with Crippen molar-refractivity contribution in [2.24, 2.45) is 5.73 Å². The molecule has 3 rings (SSSR count). The van der Waals surface area contributed by atoms with Crippen molar-refractivity contribution in [3.8, 4) is 0 Å². The molecule has 0 aliphatic carbocycles. The van der Waals surface area contributed by atoms with Crippen LogP contribution in [-0.2, 0) is 10.0 Å². The van der Waals surface area contributed by atoms with Gasteiger partial charge in [-0.05, 0) is 49.6 Å². The van der Waals surface area contributed by atoms with Gasteiger partial charge >= 0.3 is 0 Å². The number of carbonyl (C=O) groups excluding carboxylic acids is 1. The van der Waals surface area contributed by atoms with Crippen LogP contribution in [0, 0.1) is 12.7 Å². The number of hydrogen-bond acceptors (Lipinski definition) is 4. The highest BCUT2D eigenvalue weighted by Gasteiger charge is 2.25. The summed E-state index contributed by atoms with van der Waals surface area (Å²) in [4.78, 5) is 14.4. The average molecular weight is 391 g/mol. The summed E-state index contributed by atoms with van der Waals surface area (Å²) >= 11 is 0. The first kappa shape index (κ1) is 19.3. The Morgan fingerprint density at radius 3 is 2.52 bits per heavy atom. The van der Waals surface area contributed by atoms with Gasteiger partial charge in [0.05, 0.1) is 10.6 Å². The summed E-state index contributed by atoms with van der Waals surface area (Å²) in [5, 5.41) is 0. The molecule has 2 aromatic carbocycles. The highest BCUT2D eigenvalue weighted by molar-refractivity contribution is 7.92. The molecule has 1 amide bonds. The Labute approximate surface area is 158 Å². The smallest absolute Gasteiger partial charge is 0.262 e. The monoisotopic (exact) mass is 391 g/mol. The van der Waals surface area contributed by atoms with Crippen molar-refractivity contribution in [3.63, 3.8) is 0 Å². The first-order valence-corrected chi connectivity index (χ1v) is 10.2. The third kappa shape index (κ3) is 4.28. The third-order valence-corrected chi connectivity index (χ3v) is 6.06. The number of amides is 1. The summed E-state index contributed by atoms with van der Waals surface area (Å²) < 4.78 is 41.3. The summed E-state index contributed by atoms with van der Waals surface area (Å²) in [6.45, 7) is 2.84. The van der Waals surface area contributed by atoms with Crippen LogP contribution >= 0.6 is 0 Å². The molecule has 0 saturated carbocycles. The molecule has 0 unspecified atom stereocenters. The van der Waals surface area contributed by atoms with Gasteiger partial charge in [0.1, 0.15) is 5.82 Å². The predicted molar refractivity (Wildman–Crippen MR) is 102 cm³/mol. The quantitative estimate of drug-likeness (QED) is 0.838. The molecular weight excluding hydrogens is 369 g/mol. The minimum Gasteiger partial charge on any atom is -0.339 e. The van der Waals surface area contributed by atoms with E-state index in [1.54, 1.807) is 17.9 Å². The second-order valence-corrected chi connectivity index (χ2v) is 8.37. The Hall–Kier alpha value is -2.45. The lowest BCUT2D eigenvalue weighted by atomic mass is 10.0. The number of nitrogens with two attached hydrogens (primary N) is 1. The lowest BCUT2D eigenvalue weighted by Crippen LogP contribution is -2.43. The minimum absolute atomic E-state index is 0.0894. The summed E-state index contributed by atoms with van der Waals surface area (Å²) in [5.41, 5.74) is 6.74. The molecule has 27 heavy (non-hydrogen) atoms. The van der Waals surface area contributed by atoms with Gasteiger partial charge in [0.15, 0.2) is 0 Å². The van der Waals surface area contributed by atoms with Crippen LogP contribution in [0.1, 0.15) is 28.8 Å². The standard InChI is InChI=1S/C19H22FN3O3S/c1-13-6-7-15(27(25,26)22-18-5-3-2-4-17(18)20)12-16(13)19(24)23-10-8-14(21)9-11-23/h2-7,12,14,22H,8-11,21H2,1H3. The van der Waals surface area contributed by atoms with E-state index in [9.17, 15) is 17.6 Å². The summed E-state index contributed by atoms with van der Waals surface area (Å²) in [6.07, 6.45) is 1.44. The number of hydrogen-bond donors (Lipinski definition) is 2. The van der Waals surface area contributed by atoms with E-state index in [1.807, 2.05) is 0 Å². The highest BCUT2D eigenvalue weighted by Crippen LogP contribution is 2.23. The molecule has 8 heteroatoms. The van der Waals surface area contributed by atoms with Crippen LogP contribution in [0.25, 0.3) is 0 Å². The molecular formula is C19H22FN3O3S. The van der Waals surface area contributed by atoms with E-state index in [0.717, 1.165) is 12.8 Å². The lowest BCUT2D eigenvalue weighted by Gasteiger charge is -2.30. The fourth-order valence-electron chi connectivity index (χ4n) is 3.02. The highest BCUT2D eigenvalue weighted by atomic mass is 32.2. The van der Waals surface area contributed by atoms with Gasteiger partial charge in [-0.2, -0.15) is 0 Å². The molecule has 0 radical (unpaired) electrons. The molecule has 1 fully saturated rings. The van der Waals surface area contributed by atoms with Crippen LogP contribution in [0.4, 0.5) is 10.1 Å². The molecule has 0 atom stereocenters. The number of aryl methyl sites for hydroxylation is 1. The number of piperidine rings is 1. The molecule has 0 aromatic heterocycles. The normalized spacial score (nSPS) is 15.6. The third-order valence-electron chi connectivity index (χ3n) is 4.69. The number of nitrogens with zero attached hydrogens (tertiary/aromatic N) is 1. The maximum Gasteiger partial charge on any atom is 0.262 e. The Morgan fingerprint density at radius 2 is 1.85 bits per heavy atom. The van der Waals surface area contributed by atoms with Crippen molar-refractivity contribution in [3.05, 3.63) is 59.4 Å². The van der Waals surface area contributed by atoms with Crippen molar-refractivity contribution >= 4 is 21.6 Å². The second-order valence-electron chi connectivity index (χ2n) is 6.69. The minimum atomic E-state index is -4.03. The van der Waals surface area contributed by atoms with E-state index in [4.69, 9.17) is 5.73 Å². The number of halogens is 1. The van der Waals surface area contributed by atoms with E-state index in [2.05, 4.69) is 4.72 Å². The van der Waals surface area contributed by atoms with Crippen molar-refractivity contribution < 1.29 is 17.6 Å². The zero-order chi connectivity index (χ0) is 19.6. The van der Waals surface area contributed by atoms with Crippen LogP contribution < -0.4 is 10.5 Å². The van der Waals surface area contributed by atoms with Gasteiger partial charge in [0.25, 0.3) is 15.9 Å². The molecule has 6 nitrogen and oxygen atoms in total. The zero-order valence-corrected chi connectivity index (χ0v) is 15.8. The van der Waals surface area contributed by atoms with Gasteiger partial charge in [-0.1, -0.05) is 18.2 Å². The van der Waals surface area contributed by atoms with E-state index in [0.29, 0.717) is 24.2 Å². The Bertz CT molecular complexity index is 954. The molecule has 1 aliphatic heterocycles. The van der Waals surface area contributed by atoms with Gasteiger partial charge in [0, 0.05) is 24.7 Å². The maximum atomic E-state index is 13.8. The number of rotatable bonds is 4. The van der Waals surface area contributed by atoms with Crippen molar-refractivity contribution in [1.82, 2.24) is 4.90 Å². The number of nitrogens with one attached hydrogen (secondary N) is 1. The van der Waals surface area contributed by atoms with E-state index >= 15 is 0 Å². The first-order valence-electron chi connectivity index (χ1n) is 8.71. The topological polar surface area (TPSA) is 92.5 Å². The number of carbonyl (C=O) groups is 1. The zero-order valence-electron chi connectivity index (χ0n) is 15.0. The van der Waals surface area contributed by atoms with Gasteiger partial charge in [-0.3, -0.25) is 9.52 Å². The van der Waals surface area contributed by atoms with Crippen molar-refractivity contribution in [2.75, 3.05) is 17.8 Å². The molecule has 3 N–H and O–H groups in total. The summed E-state index contributed by atoms with van der Waals surface area (Å²) in [6, 6.07) is 9.93. The lowest BCUT2D eigenvalue weighted by molar-refractivity contribution is 0.0713. The van der Waals surface area contributed by atoms with E-state index in [1.165, 1.54) is 36.4 Å². The summed E-state index contributed by atoms with van der Waals surface area (Å²) in [7, 11) is -4.03. The molecule has 144 valence electrons. The first-order chi connectivity index (χ1) is 12.8. The van der Waals surface area contributed by atoms with Crippen LogP contribution in [0.2, 0.25) is 0 Å². The Kier molecular flexibility index (Phi) is 5.48. The number of anilines is 1. The average Bonchev–Trinajstić information content (AvgIpc) is 2.64. The van der Waals surface area contributed by atoms with Gasteiger partial charge in [-0.25, -0.2) is 12.8 Å². The van der Waals surface area contributed by atoms with Crippen LogP contribution in [0.3, 0.4) is 0 Å². The fourth-order valence-corrected chi connectivity index (χ4v) is 4.11. The van der Waals surface area contributed by atoms with E-state index in [-0.39, 0.29) is 22.5 Å². The van der Waals surface area contributed by atoms with Gasteiger partial charge in [0.2, 0.25) is 0 Å². The number of likely N-dealkylation sites (tertiary alicyclic amines) is 1. The molecule has 2 aromatic rings. The summed E-state index contributed by atoms with van der Waals surface area (Å²) in [5.74, 6) is -0.892. The largest absolute Gasteiger partial charge is 0.339 e. The second kappa shape index (κ2) is 7.66. The predicted octanol–water partition coefficient (Wildman–Crippen LogP) is 2.50. The van der Waals surface area contributed by atoms with Crippen LogP contribution in [-0.4, -0.2) is 38.4 Å². The van der Waals surface area contributed by atoms with Crippen LogP contribution in [0.15, 0.2) is 47.4 Å². The molecule has 1 heterocycles. The Balaban J connectivity index is 1.88. The maximum absolute atomic E-state index is 13.8. The van der Waals surface area contributed by atoms with Crippen molar-refractivity contribution in [1.29, 1.82) is 0 Å². The Morgan fingerprint density at radius 1 is 1.19 bits per heavy atom. The van der Waals surface area contributed by atoms with E-state index < -0.39 is 15.8 Å². The molecule has 1 saturated heterocycles. The number of benzene rings is 2. The number of para-hydroxylation sites is 1. The van der Waals surface area contributed by atoms with Crippen molar-refractivity contribution in [2.45, 2.75) is 30.7 Å². The molecule has 1 aliphatic rings. The molecule has 0 spiro atoms. The molecule has 0 bridgehead atoms. The number of sulfonamides is 1. The fraction of sp³-hybridized carbons (Fsp3) is 0.316.